The van der Waals surface area contributed by atoms with Crippen LogP contribution in [0, 0.1) is 6.92 Å². The number of nitrogens with one attached hydrogen (secondary N) is 1. The fraction of sp³-hybridized carbons (Fsp3) is 0.182. The Labute approximate surface area is 190 Å². The third kappa shape index (κ3) is 4.57. The second-order valence-electron chi connectivity index (χ2n) is 6.92. The predicted octanol–water partition coefficient (Wildman–Crippen LogP) is 4.55. The molecule has 0 saturated carbocycles. The quantitative estimate of drug-likeness (QED) is 0.437. The number of aryl methyl sites for hydroxylation is 1. The molecular weight excluding hydrogens is 430 g/mol. The van der Waals surface area contributed by atoms with E-state index in [1.165, 1.54) is 7.11 Å². The SMILES string of the molecule is COc1nc(Nc2ccc(-n3cnc(C)c3)c(OC)c2)nc(N(C)c2ccc(Cl)cc2)n1. The van der Waals surface area contributed by atoms with Crippen LogP contribution < -0.4 is 19.7 Å². The van der Waals surface area contributed by atoms with E-state index < -0.39 is 0 Å². The molecule has 0 fully saturated rings. The summed E-state index contributed by atoms with van der Waals surface area (Å²) in [7, 11) is 4.99. The van der Waals surface area contributed by atoms with E-state index in [0.717, 1.165) is 22.8 Å². The maximum absolute atomic E-state index is 6.00. The van der Waals surface area contributed by atoms with Crippen LogP contribution in [0.5, 0.6) is 11.8 Å². The topological polar surface area (TPSA) is 90.2 Å². The Balaban J connectivity index is 1.64. The fourth-order valence-corrected chi connectivity index (χ4v) is 3.20. The van der Waals surface area contributed by atoms with Gasteiger partial charge in [-0.3, -0.25) is 0 Å². The molecule has 2 aromatic heterocycles. The molecule has 0 unspecified atom stereocenters. The minimum absolute atomic E-state index is 0.191. The molecule has 4 aromatic rings. The van der Waals surface area contributed by atoms with Crippen LogP contribution in [0.1, 0.15) is 5.69 Å². The normalized spacial score (nSPS) is 10.7. The summed E-state index contributed by atoms with van der Waals surface area (Å²) in [5.74, 6) is 1.42. The van der Waals surface area contributed by atoms with E-state index in [4.69, 9.17) is 21.1 Å². The lowest BCUT2D eigenvalue weighted by molar-refractivity contribution is 0.379. The number of imidazole rings is 1. The molecule has 10 heteroatoms. The van der Waals surface area contributed by atoms with Gasteiger partial charge in [0.05, 0.1) is 31.9 Å². The van der Waals surface area contributed by atoms with E-state index in [0.29, 0.717) is 22.7 Å². The third-order valence-corrected chi connectivity index (χ3v) is 4.98. The molecule has 2 heterocycles. The van der Waals surface area contributed by atoms with Crippen molar-refractivity contribution in [3.05, 3.63) is 65.7 Å². The zero-order valence-corrected chi connectivity index (χ0v) is 18.8. The number of ether oxygens (including phenoxy) is 2. The van der Waals surface area contributed by atoms with Crippen molar-refractivity contribution in [1.82, 2.24) is 24.5 Å². The number of anilines is 4. The van der Waals surface area contributed by atoms with Crippen molar-refractivity contribution in [2.45, 2.75) is 6.92 Å². The highest BCUT2D eigenvalue weighted by Gasteiger charge is 2.14. The van der Waals surface area contributed by atoms with Gasteiger partial charge in [0.15, 0.2) is 0 Å². The summed E-state index contributed by atoms with van der Waals surface area (Å²) in [5, 5.41) is 3.85. The van der Waals surface area contributed by atoms with Crippen LogP contribution in [-0.4, -0.2) is 45.8 Å². The lowest BCUT2D eigenvalue weighted by Gasteiger charge is -2.18. The van der Waals surface area contributed by atoms with E-state index in [-0.39, 0.29) is 6.01 Å². The summed E-state index contributed by atoms with van der Waals surface area (Å²) in [6.07, 6.45) is 3.68. The number of hydrogen-bond acceptors (Lipinski definition) is 8. The lowest BCUT2D eigenvalue weighted by atomic mass is 10.2. The highest BCUT2D eigenvalue weighted by molar-refractivity contribution is 6.30. The fourth-order valence-electron chi connectivity index (χ4n) is 3.07. The molecule has 9 nitrogen and oxygen atoms in total. The van der Waals surface area contributed by atoms with Gasteiger partial charge in [-0.05, 0) is 43.3 Å². The second-order valence-corrected chi connectivity index (χ2v) is 7.35. The van der Waals surface area contributed by atoms with Crippen LogP contribution in [0.4, 0.5) is 23.3 Å². The van der Waals surface area contributed by atoms with Gasteiger partial charge in [-0.1, -0.05) is 11.6 Å². The first kappa shape index (κ1) is 21.4. The Kier molecular flexibility index (Phi) is 6.09. The smallest absolute Gasteiger partial charge is 0.322 e. The maximum Gasteiger partial charge on any atom is 0.322 e. The number of rotatable bonds is 7. The Morgan fingerprint density at radius 1 is 1.00 bits per heavy atom. The summed E-state index contributed by atoms with van der Waals surface area (Å²) in [6, 6.07) is 13.3. The Hall–Kier alpha value is -3.85. The van der Waals surface area contributed by atoms with Crippen molar-refractivity contribution in [2.24, 2.45) is 0 Å². The van der Waals surface area contributed by atoms with E-state index in [2.05, 4.69) is 25.3 Å². The van der Waals surface area contributed by atoms with Gasteiger partial charge < -0.3 is 24.3 Å². The van der Waals surface area contributed by atoms with Gasteiger partial charge in [0.1, 0.15) is 5.75 Å². The molecule has 0 amide bonds. The van der Waals surface area contributed by atoms with Crippen molar-refractivity contribution in [3.8, 4) is 17.4 Å². The molecular formula is C22H22ClN7O2. The van der Waals surface area contributed by atoms with Gasteiger partial charge in [0.25, 0.3) is 0 Å². The number of benzene rings is 2. The standard InChI is InChI=1S/C22H22ClN7O2/c1-14-12-30(13-24-14)18-10-7-16(11-19(18)31-3)25-20-26-21(28-22(27-20)32-4)29(2)17-8-5-15(23)6-9-17/h5-13H,1-4H3,(H,25,26,27,28). The lowest BCUT2D eigenvalue weighted by Crippen LogP contribution is -2.15. The summed E-state index contributed by atoms with van der Waals surface area (Å²) in [5.41, 5.74) is 3.41. The summed E-state index contributed by atoms with van der Waals surface area (Å²) >= 11 is 6.00. The molecule has 0 aliphatic rings. The highest BCUT2D eigenvalue weighted by Crippen LogP contribution is 2.29. The third-order valence-electron chi connectivity index (χ3n) is 4.73. The number of halogens is 1. The summed E-state index contributed by atoms with van der Waals surface area (Å²) in [4.78, 5) is 19.3. The number of nitrogens with zero attached hydrogens (tertiary/aromatic N) is 6. The van der Waals surface area contributed by atoms with Crippen LogP contribution in [0.15, 0.2) is 55.0 Å². The second kappa shape index (κ2) is 9.11. The van der Waals surface area contributed by atoms with Crippen LogP contribution in [0.2, 0.25) is 5.02 Å². The zero-order chi connectivity index (χ0) is 22.7. The first-order valence-electron chi connectivity index (χ1n) is 9.72. The highest BCUT2D eigenvalue weighted by atomic mass is 35.5. The van der Waals surface area contributed by atoms with Gasteiger partial charge in [0, 0.05) is 35.7 Å². The van der Waals surface area contributed by atoms with Crippen molar-refractivity contribution in [2.75, 3.05) is 31.5 Å². The average Bonchev–Trinajstić information content (AvgIpc) is 3.24. The molecule has 4 rings (SSSR count). The molecule has 0 radical (unpaired) electrons. The first-order chi connectivity index (χ1) is 15.5. The van der Waals surface area contributed by atoms with Gasteiger partial charge in [-0.15, -0.1) is 0 Å². The van der Waals surface area contributed by atoms with E-state index in [1.807, 2.05) is 60.0 Å². The predicted molar refractivity (Wildman–Crippen MR) is 124 cm³/mol. The van der Waals surface area contributed by atoms with Gasteiger partial charge >= 0.3 is 6.01 Å². The average molecular weight is 452 g/mol. The van der Waals surface area contributed by atoms with Crippen LogP contribution >= 0.6 is 11.6 Å². The Bertz CT molecular complexity index is 1230. The van der Waals surface area contributed by atoms with Gasteiger partial charge in [0.2, 0.25) is 11.9 Å². The summed E-state index contributed by atoms with van der Waals surface area (Å²) in [6.45, 7) is 1.94. The molecule has 0 aliphatic carbocycles. The number of aromatic nitrogens is 5. The molecule has 1 N–H and O–H groups in total. The first-order valence-corrected chi connectivity index (χ1v) is 10.1. The van der Waals surface area contributed by atoms with Crippen molar-refractivity contribution >= 4 is 34.9 Å². The zero-order valence-electron chi connectivity index (χ0n) is 18.1. The monoisotopic (exact) mass is 451 g/mol. The van der Waals surface area contributed by atoms with E-state index in [9.17, 15) is 0 Å². The molecule has 0 saturated heterocycles. The minimum Gasteiger partial charge on any atom is -0.494 e. The molecule has 2 aromatic carbocycles. The van der Waals surface area contributed by atoms with E-state index >= 15 is 0 Å². The minimum atomic E-state index is 0.191. The van der Waals surface area contributed by atoms with Crippen LogP contribution in [0.25, 0.3) is 5.69 Å². The van der Waals surface area contributed by atoms with Crippen LogP contribution in [-0.2, 0) is 0 Å². The van der Waals surface area contributed by atoms with Crippen molar-refractivity contribution in [1.29, 1.82) is 0 Å². The Morgan fingerprint density at radius 2 is 1.78 bits per heavy atom. The Morgan fingerprint density at radius 3 is 2.44 bits per heavy atom. The number of hydrogen-bond donors (Lipinski definition) is 1. The maximum atomic E-state index is 6.00. The molecule has 0 bridgehead atoms. The molecule has 0 aliphatic heterocycles. The van der Waals surface area contributed by atoms with Crippen molar-refractivity contribution < 1.29 is 9.47 Å². The molecule has 164 valence electrons. The van der Waals surface area contributed by atoms with Gasteiger partial charge in [-0.2, -0.15) is 15.0 Å². The summed E-state index contributed by atoms with van der Waals surface area (Å²) < 4.78 is 12.8. The molecule has 0 atom stereocenters. The number of methoxy groups -OCH3 is 2. The van der Waals surface area contributed by atoms with E-state index in [1.54, 1.807) is 25.6 Å². The van der Waals surface area contributed by atoms with Crippen molar-refractivity contribution in [3.63, 3.8) is 0 Å². The van der Waals surface area contributed by atoms with Gasteiger partial charge in [-0.25, -0.2) is 4.98 Å². The van der Waals surface area contributed by atoms with Crippen LogP contribution in [0.3, 0.4) is 0 Å². The molecule has 0 spiro atoms. The molecule has 32 heavy (non-hydrogen) atoms. The largest absolute Gasteiger partial charge is 0.494 e.